The number of unbranched alkanes of at least 4 members (excludes halogenated alkanes) is 42. The molecule has 0 bridgehead atoms. The monoisotopic (exact) mass is 1210 g/mol. The van der Waals surface area contributed by atoms with Crippen molar-refractivity contribution in [3.05, 3.63) is 36.5 Å². The lowest BCUT2D eigenvalue weighted by atomic mass is 9.97. The molecule has 14 nitrogen and oxygen atoms in total. The van der Waals surface area contributed by atoms with Crippen LogP contribution in [0.1, 0.15) is 316 Å². The third kappa shape index (κ3) is 40.5. The molecule has 85 heavy (non-hydrogen) atoms. The van der Waals surface area contributed by atoms with E-state index in [1.54, 1.807) is 6.08 Å². The van der Waals surface area contributed by atoms with E-state index in [4.69, 9.17) is 18.9 Å². The normalized spacial score (nSPS) is 23.7. The number of carbonyl (C=O) groups is 1. The van der Waals surface area contributed by atoms with Gasteiger partial charge in [-0.2, -0.15) is 0 Å². The number of rotatable bonds is 59. The maximum absolute atomic E-state index is 13.3. The zero-order valence-electron chi connectivity index (χ0n) is 54.4. The van der Waals surface area contributed by atoms with Gasteiger partial charge in [0, 0.05) is 6.42 Å². The average molecular weight is 1210 g/mol. The molecular weight excluding hydrogens is 1070 g/mol. The van der Waals surface area contributed by atoms with Gasteiger partial charge in [0.2, 0.25) is 5.91 Å². The fraction of sp³-hybridized carbons (Fsp3) is 0.901. The molecule has 2 aliphatic rings. The van der Waals surface area contributed by atoms with Gasteiger partial charge in [-0.25, -0.2) is 0 Å². The minimum Gasteiger partial charge on any atom is -0.394 e. The molecule has 2 fully saturated rings. The van der Waals surface area contributed by atoms with E-state index in [1.165, 1.54) is 244 Å². The first-order chi connectivity index (χ1) is 41.6. The van der Waals surface area contributed by atoms with Gasteiger partial charge < -0.3 is 65.1 Å². The Labute approximate surface area is 519 Å². The number of aliphatic hydroxyl groups excluding tert-OH is 8. The lowest BCUT2D eigenvalue weighted by molar-refractivity contribution is -0.359. The average Bonchev–Trinajstić information content (AvgIpc) is 3.70. The van der Waals surface area contributed by atoms with Gasteiger partial charge in [-0.05, 0) is 51.4 Å². The number of hydrogen-bond donors (Lipinski definition) is 9. The molecule has 12 atom stereocenters. The van der Waals surface area contributed by atoms with Crippen molar-refractivity contribution in [2.75, 3.05) is 19.8 Å². The highest BCUT2D eigenvalue weighted by Gasteiger charge is 2.51. The second-order valence-corrected chi connectivity index (χ2v) is 25.4. The van der Waals surface area contributed by atoms with Crippen LogP contribution in [0.25, 0.3) is 0 Å². The Morgan fingerprint density at radius 1 is 0.424 bits per heavy atom. The number of allylic oxidation sites excluding steroid dienone is 5. The van der Waals surface area contributed by atoms with Crippen molar-refractivity contribution in [2.45, 2.75) is 389 Å². The first-order valence-corrected chi connectivity index (χ1v) is 35.7. The summed E-state index contributed by atoms with van der Waals surface area (Å²) in [6.45, 7) is 2.82. The molecule has 12 unspecified atom stereocenters. The number of nitrogens with one attached hydrogen (secondary N) is 1. The van der Waals surface area contributed by atoms with Crippen molar-refractivity contribution >= 4 is 5.91 Å². The Balaban J connectivity index is 1.60. The summed E-state index contributed by atoms with van der Waals surface area (Å²) in [5.74, 6) is -0.233. The van der Waals surface area contributed by atoms with Crippen molar-refractivity contribution in [1.82, 2.24) is 5.32 Å². The van der Waals surface area contributed by atoms with Crippen molar-refractivity contribution in [1.29, 1.82) is 0 Å². The van der Waals surface area contributed by atoms with E-state index in [1.807, 2.05) is 6.08 Å². The molecule has 0 spiro atoms. The molecule has 0 saturated carbocycles. The van der Waals surface area contributed by atoms with Crippen LogP contribution in [0.15, 0.2) is 36.5 Å². The van der Waals surface area contributed by atoms with Gasteiger partial charge in [-0.15, -0.1) is 0 Å². The van der Waals surface area contributed by atoms with Crippen LogP contribution in [-0.4, -0.2) is 140 Å². The van der Waals surface area contributed by atoms with E-state index in [0.717, 1.165) is 44.9 Å². The highest BCUT2D eigenvalue weighted by Crippen LogP contribution is 2.30. The standard InChI is InChI=1S/C71H133NO13/c1-3-5-7-9-11-13-15-17-19-21-22-23-24-25-26-27-28-29-30-31-32-33-34-35-36-37-38-39-41-43-45-47-49-51-53-55-63(76)72-59(60(75)54-52-50-48-46-44-42-40-20-18-16-14-12-10-8-6-4-2)58-82-70-68(81)66(79)69(62(57-74)84-70)85-71-67(80)65(78)64(77)61(56-73)83-71/h15,17,21-22,52,54,59-62,64-71,73-75,77-81H,3-14,16,18-20,23-51,53,55-58H2,1-2H3,(H,72,76)/b17-15-,22-21-,54-52+. The molecule has 0 aromatic carbocycles. The number of hydrogen-bond acceptors (Lipinski definition) is 13. The Bertz CT molecular complexity index is 1560. The highest BCUT2D eigenvalue weighted by molar-refractivity contribution is 5.76. The molecule has 2 aliphatic heterocycles. The summed E-state index contributed by atoms with van der Waals surface area (Å²) in [4.78, 5) is 13.3. The quantitative estimate of drug-likeness (QED) is 0.0204. The maximum atomic E-state index is 13.3. The first-order valence-electron chi connectivity index (χ1n) is 35.7. The summed E-state index contributed by atoms with van der Waals surface area (Å²) in [7, 11) is 0. The van der Waals surface area contributed by atoms with Crippen LogP contribution in [0, 0.1) is 0 Å². The summed E-state index contributed by atoms with van der Waals surface area (Å²) >= 11 is 0. The molecule has 2 rings (SSSR count). The molecule has 14 heteroatoms. The van der Waals surface area contributed by atoms with Gasteiger partial charge in [-0.3, -0.25) is 4.79 Å². The minimum absolute atomic E-state index is 0.233. The number of ether oxygens (including phenoxy) is 4. The summed E-state index contributed by atoms with van der Waals surface area (Å²) in [6, 6.07) is -0.913. The Morgan fingerprint density at radius 3 is 1.18 bits per heavy atom. The Hall–Kier alpha value is -1.79. The highest BCUT2D eigenvalue weighted by atomic mass is 16.7. The van der Waals surface area contributed by atoms with E-state index in [0.29, 0.717) is 6.42 Å². The van der Waals surface area contributed by atoms with Crippen LogP contribution >= 0.6 is 0 Å². The Morgan fingerprint density at radius 2 is 0.776 bits per heavy atom. The van der Waals surface area contributed by atoms with E-state index in [9.17, 15) is 45.6 Å². The zero-order valence-corrected chi connectivity index (χ0v) is 54.4. The SMILES string of the molecule is CCCCCCC/C=C\C/C=C\CCCCCCCCCCCCCCCCCCCCCCCCCC(=O)NC(COC1OC(CO)C(OC2OC(CO)C(O)C(O)C2O)C(O)C1O)C(O)/C=C/CCCCCCCCCCCCCCCC. The lowest BCUT2D eigenvalue weighted by Crippen LogP contribution is -2.65. The summed E-state index contributed by atoms with van der Waals surface area (Å²) in [6.07, 6.45) is 55.0. The predicted octanol–water partition coefficient (Wildman–Crippen LogP) is 14.5. The summed E-state index contributed by atoms with van der Waals surface area (Å²) < 4.78 is 22.8. The van der Waals surface area contributed by atoms with Crippen LogP contribution < -0.4 is 5.32 Å². The van der Waals surface area contributed by atoms with Crippen LogP contribution in [0.5, 0.6) is 0 Å². The molecule has 0 aromatic heterocycles. The summed E-state index contributed by atoms with van der Waals surface area (Å²) in [5.41, 5.74) is 0. The minimum atomic E-state index is -1.79. The molecule has 0 aliphatic carbocycles. The molecule has 2 saturated heterocycles. The summed E-state index contributed by atoms with van der Waals surface area (Å²) in [5, 5.41) is 87.3. The van der Waals surface area contributed by atoms with Gasteiger partial charge in [0.15, 0.2) is 12.6 Å². The second kappa shape index (κ2) is 56.2. The number of carbonyl (C=O) groups excluding carboxylic acids is 1. The van der Waals surface area contributed by atoms with Gasteiger partial charge in [-0.1, -0.05) is 294 Å². The van der Waals surface area contributed by atoms with E-state index in [2.05, 4.69) is 43.5 Å². The third-order valence-electron chi connectivity index (χ3n) is 17.6. The number of amides is 1. The molecule has 9 N–H and O–H groups in total. The zero-order chi connectivity index (χ0) is 61.6. The molecule has 2 heterocycles. The van der Waals surface area contributed by atoms with Gasteiger partial charge >= 0.3 is 0 Å². The van der Waals surface area contributed by atoms with Crippen molar-refractivity contribution in [3.8, 4) is 0 Å². The van der Waals surface area contributed by atoms with Crippen molar-refractivity contribution in [3.63, 3.8) is 0 Å². The second-order valence-electron chi connectivity index (χ2n) is 25.4. The molecular formula is C71H133NO13. The van der Waals surface area contributed by atoms with E-state index < -0.39 is 86.8 Å². The number of aliphatic hydroxyl groups is 8. The maximum Gasteiger partial charge on any atom is 0.220 e. The van der Waals surface area contributed by atoms with Crippen LogP contribution in [-0.2, 0) is 23.7 Å². The largest absolute Gasteiger partial charge is 0.394 e. The van der Waals surface area contributed by atoms with E-state index in [-0.39, 0.29) is 18.9 Å². The smallest absolute Gasteiger partial charge is 0.220 e. The van der Waals surface area contributed by atoms with Crippen molar-refractivity contribution in [2.24, 2.45) is 0 Å². The fourth-order valence-corrected chi connectivity index (χ4v) is 11.9. The fourth-order valence-electron chi connectivity index (χ4n) is 11.9. The first kappa shape index (κ1) is 79.3. The lowest BCUT2D eigenvalue weighted by Gasteiger charge is -2.46. The van der Waals surface area contributed by atoms with Crippen LogP contribution in [0.4, 0.5) is 0 Å². The molecule has 1 amide bonds. The van der Waals surface area contributed by atoms with Crippen LogP contribution in [0.3, 0.4) is 0 Å². The topological polar surface area (TPSA) is 228 Å². The molecule has 0 aromatic rings. The predicted molar refractivity (Wildman–Crippen MR) is 346 cm³/mol. The third-order valence-corrected chi connectivity index (χ3v) is 17.6. The molecule has 500 valence electrons. The molecule has 0 radical (unpaired) electrons. The van der Waals surface area contributed by atoms with E-state index >= 15 is 0 Å². The van der Waals surface area contributed by atoms with Crippen molar-refractivity contribution < 1.29 is 64.6 Å². The Kier molecular flexibility index (Phi) is 52.4. The van der Waals surface area contributed by atoms with Gasteiger partial charge in [0.1, 0.15) is 48.8 Å². The van der Waals surface area contributed by atoms with Gasteiger partial charge in [0.05, 0.1) is 32.0 Å². The van der Waals surface area contributed by atoms with Gasteiger partial charge in [0.25, 0.3) is 0 Å². The van der Waals surface area contributed by atoms with Crippen LogP contribution in [0.2, 0.25) is 0 Å².